The van der Waals surface area contributed by atoms with Gasteiger partial charge < -0.3 is 5.32 Å². The monoisotopic (exact) mass is 242 g/mol. The van der Waals surface area contributed by atoms with Gasteiger partial charge >= 0.3 is 0 Å². The fraction of sp³-hybridized carbons (Fsp3) is 0.143. The summed E-state index contributed by atoms with van der Waals surface area (Å²) in [6.07, 6.45) is 0. The van der Waals surface area contributed by atoms with Gasteiger partial charge in [0.2, 0.25) is 0 Å². The molecule has 18 heavy (non-hydrogen) atoms. The molecule has 0 saturated heterocycles. The van der Waals surface area contributed by atoms with Crippen molar-refractivity contribution in [2.24, 2.45) is 0 Å². The number of benzene rings is 2. The molecular formula is C14H14N2O2. The maximum absolute atomic E-state index is 11.0. The van der Waals surface area contributed by atoms with Crippen LogP contribution >= 0.6 is 0 Å². The molecule has 1 N–H and O–H groups in total. The van der Waals surface area contributed by atoms with E-state index in [4.69, 9.17) is 0 Å². The molecule has 0 bridgehead atoms. The molecule has 2 aromatic carbocycles. The summed E-state index contributed by atoms with van der Waals surface area (Å²) in [5.74, 6) is 0. The van der Waals surface area contributed by atoms with Crippen LogP contribution in [0.4, 0.5) is 11.4 Å². The van der Waals surface area contributed by atoms with Crippen LogP contribution in [0.1, 0.15) is 6.92 Å². The first-order valence-corrected chi connectivity index (χ1v) is 5.80. The molecule has 0 heterocycles. The number of nitro benzene ring substituents is 1. The molecule has 4 heteroatoms. The van der Waals surface area contributed by atoms with Crippen LogP contribution < -0.4 is 5.32 Å². The SMILES string of the molecule is CCNc1ccc(-c2ccccc2)cc1[N+](=O)[O-]. The molecule has 0 unspecified atom stereocenters. The molecule has 92 valence electrons. The van der Waals surface area contributed by atoms with Crippen molar-refractivity contribution >= 4 is 11.4 Å². The molecule has 0 atom stereocenters. The average molecular weight is 242 g/mol. The van der Waals surface area contributed by atoms with E-state index in [1.165, 1.54) is 0 Å². The third-order valence-electron chi connectivity index (χ3n) is 2.67. The van der Waals surface area contributed by atoms with Gasteiger partial charge in [-0.05, 0) is 24.1 Å². The van der Waals surface area contributed by atoms with E-state index < -0.39 is 0 Å². The summed E-state index contributed by atoms with van der Waals surface area (Å²) in [7, 11) is 0. The Hall–Kier alpha value is -2.36. The summed E-state index contributed by atoms with van der Waals surface area (Å²) in [6.45, 7) is 2.57. The first kappa shape index (κ1) is 12.1. The third-order valence-corrected chi connectivity index (χ3v) is 2.67. The lowest BCUT2D eigenvalue weighted by Crippen LogP contribution is -2.01. The van der Waals surface area contributed by atoms with Crippen LogP contribution in [0.25, 0.3) is 11.1 Å². The summed E-state index contributed by atoms with van der Waals surface area (Å²) in [5.41, 5.74) is 2.49. The van der Waals surface area contributed by atoms with Crippen molar-refractivity contribution in [3.05, 3.63) is 58.6 Å². The van der Waals surface area contributed by atoms with Gasteiger partial charge in [0.15, 0.2) is 0 Å². The zero-order valence-corrected chi connectivity index (χ0v) is 10.1. The molecule has 0 radical (unpaired) electrons. The molecule has 0 aromatic heterocycles. The van der Waals surface area contributed by atoms with E-state index >= 15 is 0 Å². The largest absolute Gasteiger partial charge is 0.380 e. The predicted molar refractivity (Wildman–Crippen MR) is 72.7 cm³/mol. The second-order valence-corrected chi connectivity index (χ2v) is 3.89. The number of nitrogens with one attached hydrogen (secondary N) is 1. The number of hydrogen-bond acceptors (Lipinski definition) is 3. The Bertz CT molecular complexity index is 553. The van der Waals surface area contributed by atoms with E-state index in [9.17, 15) is 10.1 Å². The summed E-state index contributed by atoms with van der Waals surface area (Å²) in [4.78, 5) is 10.7. The van der Waals surface area contributed by atoms with Gasteiger partial charge in [0.05, 0.1) is 4.92 Å². The van der Waals surface area contributed by atoms with Crippen LogP contribution in [-0.4, -0.2) is 11.5 Å². The van der Waals surface area contributed by atoms with Crippen molar-refractivity contribution in [3.63, 3.8) is 0 Å². The maximum atomic E-state index is 11.0. The summed E-state index contributed by atoms with van der Waals surface area (Å²) < 4.78 is 0. The minimum atomic E-state index is -0.357. The van der Waals surface area contributed by atoms with Crippen LogP contribution in [0.3, 0.4) is 0 Å². The highest BCUT2D eigenvalue weighted by atomic mass is 16.6. The van der Waals surface area contributed by atoms with Crippen LogP contribution in [0.15, 0.2) is 48.5 Å². The second kappa shape index (κ2) is 5.31. The molecular weight excluding hydrogens is 228 g/mol. The van der Waals surface area contributed by atoms with Gasteiger partial charge in [-0.1, -0.05) is 36.4 Å². The van der Waals surface area contributed by atoms with E-state index in [0.717, 1.165) is 11.1 Å². The molecule has 0 aliphatic rings. The van der Waals surface area contributed by atoms with Gasteiger partial charge in [-0.3, -0.25) is 10.1 Å². The lowest BCUT2D eigenvalue weighted by molar-refractivity contribution is -0.383. The fourth-order valence-electron chi connectivity index (χ4n) is 1.83. The van der Waals surface area contributed by atoms with Gasteiger partial charge in [0, 0.05) is 12.6 Å². The first-order valence-electron chi connectivity index (χ1n) is 5.80. The Kier molecular flexibility index (Phi) is 3.57. The summed E-state index contributed by atoms with van der Waals surface area (Å²) >= 11 is 0. The molecule has 0 amide bonds. The standard InChI is InChI=1S/C14H14N2O2/c1-2-15-13-9-8-12(10-14(13)16(17)18)11-6-4-3-5-7-11/h3-10,15H,2H2,1H3. The summed E-state index contributed by atoms with van der Waals surface area (Å²) in [5, 5.41) is 14.0. The minimum absolute atomic E-state index is 0.109. The maximum Gasteiger partial charge on any atom is 0.292 e. The van der Waals surface area contributed by atoms with Crippen LogP contribution in [-0.2, 0) is 0 Å². The molecule has 4 nitrogen and oxygen atoms in total. The van der Waals surface area contributed by atoms with Gasteiger partial charge in [-0.25, -0.2) is 0 Å². The van der Waals surface area contributed by atoms with Gasteiger partial charge in [0.25, 0.3) is 5.69 Å². The second-order valence-electron chi connectivity index (χ2n) is 3.89. The summed E-state index contributed by atoms with van der Waals surface area (Å²) in [6, 6.07) is 14.9. The van der Waals surface area contributed by atoms with Gasteiger partial charge in [-0.2, -0.15) is 0 Å². The van der Waals surface area contributed by atoms with Crippen molar-refractivity contribution in [1.29, 1.82) is 0 Å². The van der Waals surface area contributed by atoms with Crippen molar-refractivity contribution in [2.75, 3.05) is 11.9 Å². The number of rotatable bonds is 4. The normalized spacial score (nSPS) is 10.1. The molecule has 2 aromatic rings. The van der Waals surface area contributed by atoms with Gasteiger partial charge in [-0.15, -0.1) is 0 Å². The van der Waals surface area contributed by atoms with Gasteiger partial charge in [0.1, 0.15) is 5.69 Å². The molecule has 0 spiro atoms. The highest BCUT2D eigenvalue weighted by molar-refractivity contribution is 5.73. The first-order chi connectivity index (χ1) is 8.72. The van der Waals surface area contributed by atoms with Crippen LogP contribution in [0.5, 0.6) is 0 Å². The third kappa shape index (κ3) is 2.48. The molecule has 0 fully saturated rings. The van der Waals surface area contributed by atoms with E-state index in [2.05, 4.69) is 5.32 Å². The molecule has 0 aliphatic carbocycles. The highest BCUT2D eigenvalue weighted by Gasteiger charge is 2.14. The quantitative estimate of drug-likeness (QED) is 0.657. The van der Waals surface area contributed by atoms with E-state index in [0.29, 0.717) is 12.2 Å². The smallest absolute Gasteiger partial charge is 0.292 e. The highest BCUT2D eigenvalue weighted by Crippen LogP contribution is 2.30. The molecule has 0 saturated carbocycles. The number of hydrogen-bond donors (Lipinski definition) is 1. The van der Waals surface area contributed by atoms with Crippen molar-refractivity contribution < 1.29 is 4.92 Å². The van der Waals surface area contributed by atoms with Crippen LogP contribution in [0, 0.1) is 10.1 Å². The zero-order chi connectivity index (χ0) is 13.0. The average Bonchev–Trinajstić information content (AvgIpc) is 2.40. The molecule has 0 aliphatic heterocycles. The zero-order valence-electron chi connectivity index (χ0n) is 10.1. The topological polar surface area (TPSA) is 55.2 Å². The molecule has 2 rings (SSSR count). The lowest BCUT2D eigenvalue weighted by atomic mass is 10.0. The van der Waals surface area contributed by atoms with E-state index in [1.807, 2.05) is 43.3 Å². The minimum Gasteiger partial charge on any atom is -0.380 e. The van der Waals surface area contributed by atoms with E-state index in [1.54, 1.807) is 12.1 Å². The Morgan fingerprint density at radius 3 is 2.44 bits per heavy atom. The fourth-order valence-corrected chi connectivity index (χ4v) is 1.83. The predicted octanol–water partition coefficient (Wildman–Crippen LogP) is 3.69. The van der Waals surface area contributed by atoms with Crippen molar-refractivity contribution in [3.8, 4) is 11.1 Å². The van der Waals surface area contributed by atoms with E-state index in [-0.39, 0.29) is 10.6 Å². The lowest BCUT2D eigenvalue weighted by Gasteiger charge is -2.07. The number of anilines is 1. The Morgan fingerprint density at radius 2 is 1.83 bits per heavy atom. The Labute approximate surface area is 105 Å². The number of nitro groups is 1. The van der Waals surface area contributed by atoms with Crippen LogP contribution in [0.2, 0.25) is 0 Å². The van der Waals surface area contributed by atoms with Crippen molar-refractivity contribution in [1.82, 2.24) is 0 Å². The number of nitrogens with zero attached hydrogens (tertiary/aromatic N) is 1. The Morgan fingerprint density at radius 1 is 1.11 bits per heavy atom. The van der Waals surface area contributed by atoms with Crippen molar-refractivity contribution in [2.45, 2.75) is 6.92 Å². The Balaban J connectivity index is 2.46.